The number of carbonyl (C=O) groups is 2. The molecule has 1 aliphatic carbocycles. The molecule has 5 nitrogen and oxygen atoms in total. The Labute approximate surface area is 109 Å². The van der Waals surface area contributed by atoms with E-state index in [2.05, 4.69) is 10.3 Å². The first-order valence-electron chi connectivity index (χ1n) is 5.73. The second-order valence-corrected chi connectivity index (χ2v) is 4.18. The standard InChI is InChI=1S/C14H10N2O3/c1-8-14(15-7-19-8)16-11-6-12(17)13(18)10-5-3-2-4-9(10)11/h2-7,16H,1H3. The van der Waals surface area contributed by atoms with Gasteiger partial charge in [0.1, 0.15) is 5.76 Å². The fourth-order valence-corrected chi connectivity index (χ4v) is 1.98. The smallest absolute Gasteiger partial charge is 0.233 e. The van der Waals surface area contributed by atoms with Gasteiger partial charge in [-0.1, -0.05) is 24.3 Å². The molecule has 0 fully saturated rings. The average Bonchev–Trinajstić information content (AvgIpc) is 2.81. The van der Waals surface area contributed by atoms with Crippen molar-refractivity contribution >= 4 is 23.1 Å². The highest BCUT2D eigenvalue weighted by Crippen LogP contribution is 2.26. The van der Waals surface area contributed by atoms with Crippen LogP contribution in [0.25, 0.3) is 5.70 Å². The number of carbonyl (C=O) groups excluding carboxylic acids is 2. The Hall–Kier alpha value is -2.69. The maximum absolute atomic E-state index is 11.8. The van der Waals surface area contributed by atoms with Crippen molar-refractivity contribution < 1.29 is 14.0 Å². The summed E-state index contributed by atoms with van der Waals surface area (Å²) < 4.78 is 5.09. The fraction of sp³-hybridized carbons (Fsp3) is 0.0714. The molecule has 94 valence electrons. The number of aromatic nitrogens is 1. The van der Waals surface area contributed by atoms with Crippen molar-refractivity contribution in [1.82, 2.24) is 4.98 Å². The van der Waals surface area contributed by atoms with Crippen LogP contribution in [0.4, 0.5) is 5.82 Å². The lowest BCUT2D eigenvalue weighted by molar-refractivity contribution is -0.111. The van der Waals surface area contributed by atoms with Gasteiger partial charge in [-0.2, -0.15) is 4.98 Å². The summed E-state index contributed by atoms with van der Waals surface area (Å²) in [6.45, 7) is 1.76. The normalized spacial score (nSPS) is 14.1. The molecule has 1 heterocycles. The summed E-state index contributed by atoms with van der Waals surface area (Å²) in [7, 11) is 0. The number of aryl methyl sites for hydroxylation is 1. The molecule has 3 rings (SSSR count). The van der Waals surface area contributed by atoms with E-state index in [1.807, 2.05) is 6.07 Å². The first-order valence-corrected chi connectivity index (χ1v) is 5.73. The molecule has 0 saturated heterocycles. The zero-order valence-electron chi connectivity index (χ0n) is 10.1. The van der Waals surface area contributed by atoms with E-state index in [1.54, 1.807) is 25.1 Å². The van der Waals surface area contributed by atoms with E-state index in [9.17, 15) is 9.59 Å². The van der Waals surface area contributed by atoms with Crippen LogP contribution in [-0.2, 0) is 4.79 Å². The predicted molar refractivity (Wildman–Crippen MR) is 68.6 cm³/mol. The lowest BCUT2D eigenvalue weighted by Gasteiger charge is -2.16. The number of hydrogen-bond acceptors (Lipinski definition) is 5. The Kier molecular flexibility index (Phi) is 2.52. The van der Waals surface area contributed by atoms with Crippen molar-refractivity contribution in [3.63, 3.8) is 0 Å². The van der Waals surface area contributed by atoms with Gasteiger partial charge in [-0.15, -0.1) is 0 Å². The molecule has 0 amide bonds. The maximum atomic E-state index is 11.8. The molecule has 0 atom stereocenters. The Balaban J connectivity index is 2.06. The van der Waals surface area contributed by atoms with Gasteiger partial charge in [0.25, 0.3) is 0 Å². The summed E-state index contributed by atoms with van der Waals surface area (Å²) in [4.78, 5) is 27.5. The molecule has 0 radical (unpaired) electrons. The summed E-state index contributed by atoms with van der Waals surface area (Å²) in [5, 5.41) is 3.02. The first-order chi connectivity index (χ1) is 9.16. The van der Waals surface area contributed by atoms with E-state index < -0.39 is 11.6 Å². The van der Waals surface area contributed by atoms with Gasteiger partial charge in [-0.25, -0.2) is 0 Å². The van der Waals surface area contributed by atoms with E-state index in [0.29, 0.717) is 28.4 Å². The summed E-state index contributed by atoms with van der Waals surface area (Å²) in [6, 6.07) is 6.97. The second-order valence-electron chi connectivity index (χ2n) is 4.18. The van der Waals surface area contributed by atoms with E-state index in [0.717, 1.165) is 0 Å². The molecule has 1 aromatic heterocycles. The molecule has 2 aromatic rings. The number of benzene rings is 1. The Morgan fingerprint density at radius 2 is 1.89 bits per heavy atom. The van der Waals surface area contributed by atoms with Gasteiger partial charge in [0.05, 0.1) is 5.70 Å². The molecule has 0 aliphatic heterocycles. The molecule has 0 bridgehead atoms. The molecule has 5 heteroatoms. The van der Waals surface area contributed by atoms with E-state index >= 15 is 0 Å². The van der Waals surface area contributed by atoms with E-state index in [1.165, 1.54) is 12.5 Å². The number of nitrogens with zero attached hydrogens (tertiary/aromatic N) is 1. The number of oxazole rings is 1. The SMILES string of the molecule is Cc1ocnc1NC1=CC(=O)C(=O)c2ccccc21. The Bertz CT molecular complexity index is 713. The van der Waals surface area contributed by atoms with Gasteiger partial charge in [-0.05, 0) is 6.92 Å². The molecular formula is C14H10N2O3. The van der Waals surface area contributed by atoms with Crippen molar-refractivity contribution in [3.05, 3.63) is 53.6 Å². The molecule has 0 saturated carbocycles. The van der Waals surface area contributed by atoms with Crippen LogP contribution in [0.1, 0.15) is 21.7 Å². The van der Waals surface area contributed by atoms with Gasteiger partial charge in [-0.3, -0.25) is 9.59 Å². The third-order valence-electron chi connectivity index (χ3n) is 2.96. The van der Waals surface area contributed by atoms with Crippen molar-refractivity contribution in [2.75, 3.05) is 5.32 Å². The minimum Gasteiger partial charge on any atom is -0.446 e. The topological polar surface area (TPSA) is 72.2 Å². The van der Waals surface area contributed by atoms with Gasteiger partial charge >= 0.3 is 0 Å². The number of Topliss-reactive ketones (excluding diaryl/α,β-unsaturated/α-hetero) is 1. The molecule has 19 heavy (non-hydrogen) atoms. The average molecular weight is 254 g/mol. The van der Waals surface area contributed by atoms with E-state index in [-0.39, 0.29) is 0 Å². The zero-order valence-corrected chi connectivity index (χ0v) is 10.1. The number of fused-ring (bicyclic) bond motifs is 1. The van der Waals surface area contributed by atoms with Gasteiger partial charge < -0.3 is 9.73 Å². The number of rotatable bonds is 2. The number of nitrogens with one attached hydrogen (secondary N) is 1. The molecule has 1 N–H and O–H groups in total. The molecule has 0 spiro atoms. The van der Waals surface area contributed by atoms with Crippen LogP contribution in [0.15, 0.2) is 41.2 Å². The van der Waals surface area contributed by atoms with Crippen LogP contribution in [0.3, 0.4) is 0 Å². The van der Waals surface area contributed by atoms with Crippen LogP contribution in [-0.4, -0.2) is 16.6 Å². The third-order valence-corrected chi connectivity index (χ3v) is 2.96. The lowest BCUT2D eigenvalue weighted by atomic mass is 9.93. The molecular weight excluding hydrogens is 244 g/mol. The van der Waals surface area contributed by atoms with E-state index in [4.69, 9.17) is 4.42 Å². The van der Waals surface area contributed by atoms with Crippen molar-refractivity contribution in [3.8, 4) is 0 Å². The first kappa shape index (κ1) is 11.4. The largest absolute Gasteiger partial charge is 0.446 e. The second kappa shape index (κ2) is 4.20. The van der Waals surface area contributed by atoms with Crippen LogP contribution < -0.4 is 5.32 Å². The predicted octanol–water partition coefficient (Wildman–Crippen LogP) is 2.20. The third kappa shape index (κ3) is 1.85. The summed E-state index contributed by atoms with van der Waals surface area (Å²) in [5.41, 5.74) is 1.64. The van der Waals surface area contributed by atoms with Crippen LogP contribution in [0, 0.1) is 6.92 Å². The van der Waals surface area contributed by atoms with Crippen molar-refractivity contribution in [2.24, 2.45) is 0 Å². The minimum absolute atomic E-state index is 0.402. The Morgan fingerprint density at radius 1 is 1.16 bits per heavy atom. The van der Waals surface area contributed by atoms with Gasteiger partial charge in [0.2, 0.25) is 11.6 Å². The van der Waals surface area contributed by atoms with Gasteiger partial charge in [0.15, 0.2) is 12.2 Å². The van der Waals surface area contributed by atoms with Crippen molar-refractivity contribution in [2.45, 2.75) is 6.92 Å². The molecule has 1 aliphatic rings. The van der Waals surface area contributed by atoms with Crippen LogP contribution in [0.5, 0.6) is 0 Å². The highest BCUT2D eigenvalue weighted by atomic mass is 16.3. The van der Waals surface area contributed by atoms with Gasteiger partial charge in [0, 0.05) is 17.2 Å². The number of hydrogen-bond donors (Lipinski definition) is 1. The summed E-state index contributed by atoms with van der Waals surface area (Å²) in [5.74, 6) is 0.117. The monoisotopic (exact) mass is 254 g/mol. The fourth-order valence-electron chi connectivity index (χ4n) is 1.98. The van der Waals surface area contributed by atoms with Crippen LogP contribution in [0.2, 0.25) is 0 Å². The zero-order chi connectivity index (χ0) is 13.4. The summed E-state index contributed by atoms with van der Waals surface area (Å²) in [6.07, 6.45) is 2.61. The number of allylic oxidation sites excluding steroid dienone is 1. The van der Waals surface area contributed by atoms with Crippen molar-refractivity contribution in [1.29, 1.82) is 0 Å². The van der Waals surface area contributed by atoms with Crippen LogP contribution >= 0.6 is 0 Å². The molecule has 0 unspecified atom stereocenters. The number of anilines is 1. The molecule has 1 aromatic carbocycles. The highest BCUT2D eigenvalue weighted by Gasteiger charge is 2.25. The maximum Gasteiger partial charge on any atom is 0.233 e. The summed E-state index contributed by atoms with van der Waals surface area (Å²) >= 11 is 0. The highest BCUT2D eigenvalue weighted by molar-refractivity contribution is 6.50. The lowest BCUT2D eigenvalue weighted by Crippen LogP contribution is -2.21. The number of ketones is 2. The Morgan fingerprint density at radius 3 is 2.58 bits per heavy atom. The minimum atomic E-state index is -0.539. The quantitative estimate of drug-likeness (QED) is 0.832.